The molecule has 1 aromatic heterocycles. The number of nitrogens with one attached hydrogen (secondary N) is 2. The maximum Gasteiger partial charge on any atom is 0.223 e. The first-order valence-electron chi connectivity index (χ1n) is 8.76. The van der Waals surface area contributed by atoms with E-state index in [1.54, 1.807) is 0 Å². The summed E-state index contributed by atoms with van der Waals surface area (Å²) < 4.78 is 0. The van der Waals surface area contributed by atoms with E-state index in [-0.39, 0.29) is 30.3 Å². The van der Waals surface area contributed by atoms with Gasteiger partial charge in [0.25, 0.3) is 0 Å². The van der Waals surface area contributed by atoms with Crippen molar-refractivity contribution >= 4 is 29.3 Å². The summed E-state index contributed by atoms with van der Waals surface area (Å²) in [7, 11) is 0. The molecule has 136 valence electrons. The number of H-pyrrole nitrogens is 1. The van der Waals surface area contributed by atoms with Gasteiger partial charge < -0.3 is 16.0 Å². The fraction of sp³-hybridized carbons (Fsp3) is 0.300. The molecule has 0 spiro atoms. The number of rotatable bonds is 4. The molecular formula is C20H23ClN4O. The Morgan fingerprint density at radius 3 is 2.62 bits per heavy atom. The number of aromatic nitrogens is 2. The Hall–Kier alpha value is -2.37. The van der Waals surface area contributed by atoms with Crippen molar-refractivity contribution in [3.8, 4) is 11.4 Å². The van der Waals surface area contributed by atoms with E-state index in [1.807, 2.05) is 48.5 Å². The van der Waals surface area contributed by atoms with E-state index < -0.39 is 0 Å². The van der Waals surface area contributed by atoms with Gasteiger partial charge in [-0.1, -0.05) is 36.4 Å². The number of nitrogens with two attached hydrogens (primary N) is 1. The number of carbonyl (C=O) groups excluding carboxylic acids is 1. The van der Waals surface area contributed by atoms with Gasteiger partial charge in [0, 0.05) is 24.1 Å². The lowest BCUT2D eigenvalue weighted by atomic mass is 10.1. The minimum absolute atomic E-state index is 0. The lowest BCUT2D eigenvalue weighted by molar-refractivity contribution is -0.125. The SMILES string of the molecule is Cl.NC1CCC(C(=O)NCc2ccc(-c3nc4ccccc4[nH]3)cc2)C1. The minimum Gasteiger partial charge on any atom is -0.352 e. The molecule has 1 fully saturated rings. The van der Waals surface area contributed by atoms with Crippen LogP contribution in [0.25, 0.3) is 22.4 Å². The summed E-state index contributed by atoms with van der Waals surface area (Å²) in [5, 5.41) is 3.02. The van der Waals surface area contributed by atoms with Gasteiger partial charge in [-0.15, -0.1) is 12.4 Å². The molecule has 5 nitrogen and oxygen atoms in total. The van der Waals surface area contributed by atoms with Gasteiger partial charge in [-0.25, -0.2) is 4.98 Å². The first-order valence-corrected chi connectivity index (χ1v) is 8.76. The molecule has 1 saturated carbocycles. The second-order valence-corrected chi connectivity index (χ2v) is 6.79. The Morgan fingerprint density at radius 2 is 1.92 bits per heavy atom. The highest BCUT2D eigenvalue weighted by molar-refractivity contribution is 5.85. The molecule has 4 N–H and O–H groups in total. The van der Waals surface area contributed by atoms with Crippen LogP contribution in [0.15, 0.2) is 48.5 Å². The molecule has 1 heterocycles. The Kier molecular flexibility index (Phi) is 5.59. The molecule has 2 unspecified atom stereocenters. The van der Waals surface area contributed by atoms with Gasteiger partial charge in [0.2, 0.25) is 5.91 Å². The van der Waals surface area contributed by atoms with Gasteiger partial charge in [-0.3, -0.25) is 4.79 Å². The van der Waals surface area contributed by atoms with Crippen molar-refractivity contribution in [3.63, 3.8) is 0 Å². The number of para-hydroxylation sites is 2. The number of halogens is 1. The third-order valence-electron chi connectivity index (χ3n) is 4.93. The van der Waals surface area contributed by atoms with Gasteiger partial charge >= 0.3 is 0 Å². The number of nitrogens with zero attached hydrogens (tertiary/aromatic N) is 1. The van der Waals surface area contributed by atoms with Crippen LogP contribution in [0.5, 0.6) is 0 Å². The zero-order chi connectivity index (χ0) is 17.2. The molecule has 0 radical (unpaired) electrons. The fourth-order valence-electron chi connectivity index (χ4n) is 3.46. The first kappa shape index (κ1) is 18.4. The number of imidazole rings is 1. The normalized spacial score (nSPS) is 19.3. The molecule has 26 heavy (non-hydrogen) atoms. The first-order chi connectivity index (χ1) is 12.2. The number of hydrogen-bond acceptors (Lipinski definition) is 3. The van der Waals surface area contributed by atoms with Crippen LogP contribution in [0, 0.1) is 5.92 Å². The summed E-state index contributed by atoms with van der Waals surface area (Å²) in [6.07, 6.45) is 2.65. The molecule has 2 atom stereocenters. The number of benzene rings is 2. The molecule has 1 amide bonds. The highest BCUT2D eigenvalue weighted by atomic mass is 35.5. The van der Waals surface area contributed by atoms with Gasteiger partial charge in [0.15, 0.2) is 0 Å². The van der Waals surface area contributed by atoms with E-state index in [4.69, 9.17) is 5.73 Å². The average Bonchev–Trinajstić information content (AvgIpc) is 3.26. The molecule has 3 aromatic rings. The van der Waals surface area contributed by atoms with Crippen molar-refractivity contribution in [2.45, 2.75) is 31.8 Å². The number of fused-ring (bicyclic) bond motifs is 1. The molecule has 0 saturated heterocycles. The standard InChI is InChI=1S/C20H22N4O.ClH/c21-16-10-9-15(11-16)20(25)22-12-13-5-7-14(8-6-13)19-23-17-3-1-2-4-18(17)24-19;/h1-8,15-16H,9-12,21H2,(H,22,25)(H,23,24);1H. The number of carbonyl (C=O) groups is 1. The third kappa shape index (κ3) is 3.89. The van der Waals surface area contributed by atoms with E-state index in [1.165, 1.54) is 0 Å². The number of amides is 1. The van der Waals surface area contributed by atoms with Crippen LogP contribution in [-0.4, -0.2) is 21.9 Å². The molecule has 6 heteroatoms. The monoisotopic (exact) mass is 370 g/mol. The van der Waals surface area contributed by atoms with E-state index in [0.29, 0.717) is 6.54 Å². The largest absolute Gasteiger partial charge is 0.352 e. The Morgan fingerprint density at radius 1 is 1.15 bits per heavy atom. The summed E-state index contributed by atoms with van der Waals surface area (Å²) in [5.74, 6) is 1.05. The van der Waals surface area contributed by atoms with Gasteiger partial charge in [0.1, 0.15) is 5.82 Å². The van der Waals surface area contributed by atoms with Crippen molar-refractivity contribution in [1.82, 2.24) is 15.3 Å². The Balaban J connectivity index is 0.00000196. The maximum absolute atomic E-state index is 12.2. The van der Waals surface area contributed by atoms with Crippen molar-refractivity contribution in [3.05, 3.63) is 54.1 Å². The van der Waals surface area contributed by atoms with Crippen LogP contribution in [0.4, 0.5) is 0 Å². The maximum atomic E-state index is 12.2. The van der Waals surface area contributed by atoms with Crippen LogP contribution < -0.4 is 11.1 Å². The summed E-state index contributed by atoms with van der Waals surface area (Å²) in [6, 6.07) is 16.3. The van der Waals surface area contributed by atoms with E-state index >= 15 is 0 Å². The molecule has 0 bridgehead atoms. The fourth-order valence-corrected chi connectivity index (χ4v) is 3.46. The van der Waals surface area contributed by atoms with Crippen LogP contribution in [0.2, 0.25) is 0 Å². The van der Waals surface area contributed by atoms with E-state index in [9.17, 15) is 4.79 Å². The van der Waals surface area contributed by atoms with Gasteiger partial charge in [-0.05, 0) is 37.0 Å². The van der Waals surface area contributed by atoms with Crippen LogP contribution in [-0.2, 0) is 11.3 Å². The van der Waals surface area contributed by atoms with Crippen molar-refractivity contribution < 1.29 is 4.79 Å². The topological polar surface area (TPSA) is 83.8 Å². The van der Waals surface area contributed by atoms with Crippen LogP contribution >= 0.6 is 12.4 Å². The van der Waals surface area contributed by atoms with Crippen LogP contribution in [0.3, 0.4) is 0 Å². The van der Waals surface area contributed by atoms with E-state index in [0.717, 1.165) is 47.2 Å². The predicted octanol–water partition coefficient (Wildman–Crippen LogP) is 3.40. The summed E-state index contributed by atoms with van der Waals surface area (Å²) in [5.41, 5.74) is 9.99. The Bertz CT molecular complexity index is 857. The summed E-state index contributed by atoms with van der Waals surface area (Å²) in [4.78, 5) is 20.1. The zero-order valence-corrected chi connectivity index (χ0v) is 15.3. The quantitative estimate of drug-likeness (QED) is 0.658. The molecular weight excluding hydrogens is 348 g/mol. The highest BCUT2D eigenvalue weighted by Crippen LogP contribution is 2.24. The summed E-state index contributed by atoms with van der Waals surface area (Å²) in [6.45, 7) is 0.547. The number of aromatic amines is 1. The van der Waals surface area contributed by atoms with Crippen molar-refractivity contribution in [2.24, 2.45) is 11.7 Å². The smallest absolute Gasteiger partial charge is 0.223 e. The van der Waals surface area contributed by atoms with Crippen molar-refractivity contribution in [2.75, 3.05) is 0 Å². The van der Waals surface area contributed by atoms with E-state index in [2.05, 4.69) is 15.3 Å². The average molecular weight is 371 g/mol. The van der Waals surface area contributed by atoms with Gasteiger partial charge in [-0.2, -0.15) is 0 Å². The molecule has 1 aliphatic carbocycles. The zero-order valence-electron chi connectivity index (χ0n) is 14.4. The predicted molar refractivity (Wildman–Crippen MR) is 106 cm³/mol. The summed E-state index contributed by atoms with van der Waals surface area (Å²) >= 11 is 0. The molecule has 0 aliphatic heterocycles. The van der Waals surface area contributed by atoms with Gasteiger partial charge in [0.05, 0.1) is 11.0 Å². The second kappa shape index (κ2) is 7.89. The Labute approximate surface area is 158 Å². The second-order valence-electron chi connectivity index (χ2n) is 6.79. The molecule has 4 rings (SSSR count). The molecule has 2 aromatic carbocycles. The third-order valence-corrected chi connectivity index (χ3v) is 4.93. The minimum atomic E-state index is 0. The van der Waals surface area contributed by atoms with Crippen molar-refractivity contribution in [1.29, 1.82) is 0 Å². The number of hydrogen-bond donors (Lipinski definition) is 3. The van der Waals surface area contributed by atoms with Crippen LogP contribution in [0.1, 0.15) is 24.8 Å². The lowest BCUT2D eigenvalue weighted by Gasteiger charge is -2.11. The lowest BCUT2D eigenvalue weighted by Crippen LogP contribution is -2.29. The molecule has 1 aliphatic rings. The highest BCUT2D eigenvalue weighted by Gasteiger charge is 2.27.